The molecule has 0 saturated carbocycles. The molecule has 7 heteroatoms. The Labute approximate surface area is 82.2 Å². The molecular weight excluding hydrogens is 191 g/mol. The molecule has 1 aliphatic heterocycles. The quantitative estimate of drug-likeness (QED) is 0.296. The minimum absolute atomic E-state index is 0.534. The van der Waals surface area contributed by atoms with Gasteiger partial charge in [-0.25, -0.2) is 0 Å². The zero-order valence-electron chi connectivity index (χ0n) is 7.39. The fraction of sp³-hybridized carbons (Fsp3) is 1.00. The van der Waals surface area contributed by atoms with E-state index in [0.29, 0.717) is 0 Å². The molecule has 0 aromatic heterocycles. The lowest BCUT2D eigenvalue weighted by Gasteiger charge is -2.41. The molecule has 1 saturated heterocycles. The van der Waals surface area contributed by atoms with Crippen LogP contribution in [-0.4, -0.2) is 76.5 Å². The zero-order chi connectivity index (χ0) is 10.9. The maximum atomic E-state index is 9.33. The molecule has 80 valence electrons. The van der Waals surface area contributed by atoms with Gasteiger partial charge in [0.15, 0.2) is 0 Å². The fourth-order valence-electron chi connectivity index (χ4n) is 1.41. The van der Waals surface area contributed by atoms with Crippen molar-refractivity contribution in [2.45, 2.75) is 36.5 Å². The van der Waals surface area contributed by atoms with E-state index in [4.69, 9.17) is 22.8 Å². The Hall–Kier alpha value is -0.175. The summed E-state index contributed by atoms with van der Waals surface area (Å²) in [5.41, 5.74) is 0. The van der Waals surface area contributed by atoms with Crippen molar-refractivity contribution >= 4 is 7.85 Å². The van der Waals surface area contributed by atoms with Crippen molar-refractivity contribution in [2.24, 2.45) is 0 Å². The van der Waals surface area contributed by atoms with Crippen molar-refractivity contribution < 1.29 is 30.3 Å². The third-order valence-electron chi connectivity index (χ3n) is 2.27. The minimum atomic E-state index is -1.50. The van der Waals surface area contributed by atoms with E-state index in [1.165, 1.54) is 0 Å². The molecule has 1 aliphatic rings. The summed E-state index contributed by atoms with van der Waals surface area (Å²) in [4.78, 5) is 0. The van der Waals surface area contributed by atoms with E-state index >= 15 is 0 Å². The maximum absolute atomic E-state index is 9.33. The van der Waals surface area contributed by atoms with Crippen LogP contribution in [0.4, 0.5) is 0 Å². The predicted molar refractivity (Wildman–Crippen MR) is 45.5 cm³/mol. The van der Waals surface area contributed by atoms with Gasteiger partial charge in [-0.3, -0.25) is 0 Å². The van der Waals surface area contributed by atoms with Gasteiger partial charge in [0.2, 0.25) is 0 Å². The molecule has 0 amide bonds. The maximum Gasteiger partial charge on any atom is 0.112 e. The summed E-state index contributed by atoms with van der Waals surface area (Å²) >= 11 is 0. The zero-order valence-corrected chi connectivity index (χ0v) is 7.39. The van der Waals surface area contributed by atoms with E-state index in [9.17, 15) is 15.3 Å². The molecule has 0 aromatic rings. The van der Waals surface area contributed by atoms with Gasteiger partial charge in [-0.05, 0) is 0 Å². The Morgan fingerprint density at radius 1 is 1.14 bits per heavy atom. The van der Waals surface area contributed by atoms with Gasteiger partial charge >= 0.3 is 0 Å². The van der Waals surface area contributed by atoms with Crippen LogP contribution < -0.4 is 0 Å². The second kappa shape index (κ2) is 4.56. The molecule has 6 atom stereocenters. The monoisotopic (exact) mass is 204 g/mol. The Balaban J connectivity index is 2.73. The van der Waals surface area contributed by atoms with E-state index in [0.717, 1.165) is 0 Å². The summed E-state index contributed by atoms with van der Waals surface area (Å²) in [6, 6.07) is -1.49. The first-order valence-corrected chi connectivity index (χ1v) is 4.23. The molecule has 6 unspecified atom stereocenters. The summed E-state index contributed by atoms with van der Waals surface area (Å²) in [6.45, 7) is -0.534. The topological polar surface area (TPSA) is 110 Å². The van der Waals surface area contributed by atoms with Crippen molar-refractivity contribution in [1.29, 1.82) is 0 Å². The van der Waals surface area contributed by atoms with Gasteiger partial charge < -0.3 is 30.3 Å². The molecule has 2 radical (unpaired) electrons. The summed E-state index contributed by atoms with van der Waals surface area (Å²) in [5, 5.41) is 45.7. The Morgan fingerprint density at radius 2 is 1.71 bits per heavy atom. The largest absolute Gasteiger partial charge is 0.400 e. The van der Waals surface area contributed by atoms with E-state index in [1.54, 1.807) is 0 Å². The van der Waals surface area contributed by atoms with E-state index in [-0.39, 0.29) is 0 Å². The molecule has 1 fully saturated rings. The van der Waals surface area contributed by atoms with Gasteiger partial charge in [0.25, 0.3) is 0 Å². The molecule has 0 bridgehead atoms. The second-order valence-corrected chi connectivity index (χ2v) is 3.28. The summed E-state index contributed by atoms with van der Waals surface area (Å²) in [7, 11) is 5.08. The van der Waals surface area contributed by atoms with Crippen LogP contribution in [0.5, 0.6) is 0 Å². The van der Waals surface area contributed by atoms with Crippen LogP contribution in [0, 0.1) is 0 Å². The van der Waals surface area contributed by atoms with Crippen LogP contribution in [0.25, 0.3) is 0 Å². The molecule has 14 heavy (non-hydrogen) atoms. The SMILES string of the molecule is [B]C(O)C1OC(CO)C(O)C(O)C1O. The lowest BCUT2D eigenvalue weighted by molar-refractivity contribution is -0.240. The Kier molecular flexibility index (Phi) is 3.88. The van der Waals surface area contributed by atoms with Gasteiger partial charge in [-0.1, -0.05) is 0 Å². The molecule has 0 aliphatic carbocycles. The molecule has 0 aromatic carbocycles. The van der Waals surface area contributed by atoms with Crippen LogP contribution in [0.15, 0.2) is 0 Å². The molecule has 1 heterocycles. The minimum Gasteiger partial charge on any atom is -0.400 e. The third kappa shape index (κ3) is 2.08. The highest BCUT2D eigenvalue weighted by Crippen LogP contribution is 2.22. The smallest absolute Gasteiger partial charge is 0.112 e. The van der Waals surface area contributed by atoms with Crippen LogP contribution >= 0.6 is 0 Å². The number of hydrogen-bond donors (Lipinski definition) is 5. The van der Waals surface area contributed by atoms with Gasteiger partial charge in [0.1, 0.15) is 38.4 Å². The van der Waals surface area contributed by atoms with Crippen LogP contribution in [0.2, 0.25) is 0 Å². The van der Waals surface area contributed by atoms with Crippen molar-refractivity contribution in [3.63, 3.8) is 0 Å². The van der Waals surface area contributed by atoms with Crippen molar-refractivity contribution in [2.75, 3.05) is 6.61 Å². The van der Waals surface area contributed by atoms with Crippen molar-refractivity contribution in [3.05, 3.63) is 0 Å². The average molecular weight is 204 g/mol. The van der Waals surface area contributed by atoms with Gasteiger partial charge in [0.05, 0.1) is 6.61 Å². The highest BCUT2D eigenvalue weighted by Gasteiger charge is 2.44. The highest BCUT2D eigenvalue weighted by atomic mass is 16.6. The summed E-state index contributed by atoms with van der Waals surface area (Å²) in [6.07, 6.45) is -6.65. The third-order valence-corrected chi connectivity index (χ3v) is 2.27. The number of aliphatic hydroxyl groups excluding tert-OH is 5. The average Bonchev–Trinajstić information content (AvgIpc) is 2.14. The Bertz CT molecular complexity index is 187. The lowest BCUT2D eigenvalue weighted by atomic mass is 9.85. The highest BCUT2D eigenvalue weighted by molar-refractivity contribution is 6.11. The summed E-state index contributed by atoms with van der Waals surface area (Å²) < 4.78 is 4.91. The van der Waals surface area contributed by atoms with Gasteiger partial charge in [0, 0.05) is 6.00 Å². The van der Waals surface area contributed by atoms with Gasteiger partial charge in [-0.15, -0.1) is 0 Å². The number of ether oxygens (including phenoxy) is 1. The second-order valence-electron chi connectivity index (χ2n) is 3.28. The molecular formula is C7H13BO6. The fourth-order valence-corrected chi connectivity index (χ4v) is 1.41. The van der Waals surface area contributed by atoms with Gasteiger partial charge in [-0.2, -0.15) is 0 Å². The van der Waals surface area contributed by atoms with Crippen molar-refractivity contribution in [1.82, 2.24) is 0 Å². The number of hydrogen-bond acceptors (Lipinski definition) is 6. The van der Waals surface area contributed by atoms with E-state index in [2.05, 4.69) is 0 Å². The van der Waals surface area contributed by atoms with Crippen LogP contribution in [0.3, 0.4) is 0 Å². The number of rotatable bonds is 2. The predicted octanol–water partition coefficient (Wildman–Crippen LogP) is -3.68. The summed E-state index contributed by atoms with van der Waals surface area (Å²) in [5.74, 6) is 0. The number of aliphatic hydroxyl groups is 5. The first kappa shape index (κ1) is 11.9. The van der Waals surface area contributed by atoms with E-state index < -0.39 is 43.1 Å². The molecule has 0 spiro atoms. The van der Waals surface area contributed by atoms with Crippen LogP contribution in [0.1, 0.15) is 0 Å². The molecule has 1 rings (SSSR count). The first-order chi connectivity index (χ1) is 6.49. The standard InChI is InChI=1S/C7H13BO6/c8-7(13)6-5(12)4(11)3(10)2(1-9)14-6/h2-7,9-13H,1H2. The molecule has 6 nitrogen and oxygen atoms in total. The Morgan fingerprint density at radius 3 is 2.14 bits per heavy atom. The van der Waals surface area contributed by atoms with Crippen LogP contribution in [-0.2, 0) is 4.74 Å². The normalized spacial score (nSPS) is 46.2. The van der Waals surface area contributed by atoms with Crippen molar-refractivity contribution in [3.8, 4) is 0 Å². The first-order valence-electron chi connectivity index (χ1n) is 4.23. The van der Waals surface area contributed by atoms with E-state index in [1.807, 2.05) is 0 Å². The lowest BCUT2D eigenvalue weighted by Crippen LogP contribution is -2.61. The molecule has 5 N–H and O–H groups in total.